The molecule has 0 amide bonds. The van der Waals surface area contributed by atoms with Gasteiger partial charge in [-0.1, -0.05) is 13.3 Å². The molecular weight excluding hydrogens is 248 g/mol. The number of carboxylic acid groups (broad SMARTS) is 1. The van der Waals surface area contributed by atoms with Gasteiger partial charge in [0.1, 0.15) is 0 Å². The smallest absolute Gasteiger partial charge is 0.336 e. The summed E-state index contributed by atoms with van der Waals surface area (Å²) in [5.41, 5.74) is 0.932. The zero-order valence-corrected chi connectivity index (χ0v) is 11.4. The second kappa shape index (κ2) is 6.31. The summed E-state index contributed by atoms with van der Waals surface area (Å²) in [6.45, 7) is 5.11. The average molecular weight is 266 g/mol. The van der Waals surface area contributed by atoms with Gasteiger partial charge in [-0.2, -0.15) is 0 Å². The Kier molecular flexibility index (Phi) is 5.03. The van der Waals surface area contributed by atoms with E-state index in [1.165, 1.54) is 6.92 Å². The Balaban J connectivity index is 3.28. The summed E-state index contributed by atoms with van der Waals surface area (Å²) >= 11 is 0. The molecule has 0 radical (unpaired) electrons. The van der Waals surface area contributed by atoms with Crippen LogP contribution < -0.4 is 0 Å². The van der Waals surface area contributed by atoms with E-state index >= 15 is 0 Å². The largest absolute Gasteiger partial charge is 0.478 e. The van der Waals surface area contributed by atoms with Crippen molar-refractivity contribution in [3.05, 3.63) is 22.3 Å². The first-order chi connectivity index (χ1) is 8.93. The number of ether oxygens (including phenoxy) is 1. The average Bonchev–Trinajstić information content (AvgIpc) is 2.69. The molecule has 1 aliphatic carbocycles. The Labute approximate surface area is 111 Å². The quantitative estimate of drug-likeness (QED) is 0.744. The standard InChI is InChI=1S/C14H18O5/c1-4-6-9-11(14(18)19-5-2)7-10(8(3)15)12(9)13(16)17/h4-7H2,1-3H3,(H,16,17). The molecule has 5 heteroatoms. The molecule has 0 saturated carbocycles. The van der Waals surface area contributed by atoms with E-state index in [-0.39, 0.29) is 30.0 Å². The molecule has 0 fully saturated rings. The Hall–Kier alpha value is -1.91. The lowest BCUT2D eigenvalue weighted by molar-refractivity contribution is -0.138. The molecule has 0 heterocycles. The van der Waals surface area contributed by atoms with Crippen LogP contribution in [0.2, 0.25) is 0 Å². The summed E-state index contributed by atoms with van der Waals surface area (Å²) in [5, 5.41) is 9.26. The first-order valence-electron chi connectivity index (χ1n) is 6.30. The summed E-state index contributed by atoms with van der Waals surface area (Å²) in [4.78, 5) is 34.7. The van der Waals surface area contributed by atoms with Gasteiger partial charge < -0.3 is 9.84 Å². The fourth-order valence-electron chi connectivity index (χ4n) is 2.20. The van der Waals surface area contributed by atoms with Crippen molar-refractivity contribution in [1.82, 2.24) is 0 Å². The lowest BCUT2D eigenvalue weighted by Gasteiger charge is -2.07. The molecule has 0 aromatic carbocycles. The van der Waals surface area contributed by atoms with Crippen LogP contribution in [0.1, 0.15) is 40.0 Å². The van der Waals surface area contributed by atoms with Gasteiger partial charge in [0.2, 0.25) is 0 Å². The van der Waals surface area contributed by atoms with E-state index in [0.29, 0.717) is 24.0 Å². The highest BCUT2D eigenvalue weighted by Gasteiger charge is 2.34. The first kappa shape index (κ1) is 15.1. The van der Waals surface area contributed by atoms with E-state index in [4.69, 9.17) is 4.74 Å². The third kappa shape index (κ3) is 3.10. The highest BCUT2D eigenvalue weighted by Crippen LogP contribution is 2.36. The summed E-state index contributed by atoms with van der Waals surface area (Å²) in [5.74, 6) is -2.00. The summed E-state index contributed by atoms with van der Waals surface area (Å²) in [6, 6.07) is 0. The zero-order chi connectivity index (χ0) is 14.6. The van der Waals surface area contributed by atoms with Crippen LogP contribution in [-0.2, 0) is 19.1 Å². The molecule has 5 nitrogen and oxygen atoms in total. The van der Waals surface area contributed by atoms with E-state index in [2.05, 4.69) is 0 Å². The SMILES string of the molecule is CCCC1=C(C(=O)OCC)CC(C(C)=O)=C1C(=O)O. The molecular formula is C14H18O5. The second-order valence-corrected chi connectivity index (χ2v) is 4.32. The van der Waals surface area contributed by atoms with Gasteiger partial charge in [-0.3, -0.25) is 4.79 Å². The Morgan fingerprint density at radius 2 is 1.84 bits per heavy atom. The number of esters is 1. The van der Waals surface area contributed by atoms with Crippen molar-refractivity contribution in [2.45, 2.75) is 40.0 Å². The van der Waals surface area contributed by atoms with Crippen molar-refractivity contribution >= 4 is 17.7 Å². The van der Waals surface area contributed by atoms with Crippen molar-refractivity contribution in [1.29, 1.82) is 0 Å². The summed E-state index contributed by atoms with van der Waals surface area (Å²) in [6.07, 6.45) is 1.21. The zero-order valence-electron chi connectivity index (χ0n) is 11.4. The van der Waals surface area contributed by atoms with Crippen LogP contribution in [0, 0.1) is 0 Å². The molecule has 0 saturated heterocycles. The van der Waals surface area contributed by atoms with Gasteiger partial charge >= 0.3 is 11.9 Å². The number of aliphatic carboxylic acids is 1. The third-order valence-electron chi connectivity index (χ3n) is 2.98. The van der Waals surface area contributed by atoms with E-state index < -0.39 is 11.9 Å². The highest BCUT2D eigenvalue weighted by molar-refractivity contribution is 6.10. The molecule has 0 aromatic heterocycles. The predicted molar refractivity (Wildman–Crippen MR) is 68.5 cm³/mol. The van der Waals surface area contributed by atoms with E-state index in [9.17, 15) is 19.5 Å². The maximum atomic E-state index is 11.9. The Morgan fingerprint density at radius 1 is 1.21 bits per heavy atom. The molecule has 0 spiro atoms. The maximum Gasteiger partial charge on any atom is 0.336 e. The van der Waals surface area contributed by atoms with Gasteiger partial charge in [0.05, 0.1) is 12.2 Å². The fraction of sp³-hybridized carbons (Fsp3) is 0.500. The molecule has 104 valence electrons. The van der Waals surface area contributed by atoms with Gasteiger partial charge in [-0.15, -0.1) is 0 Å². The van der Waals surface area contributed by atoms with Crippen LogP contribution in [0.5, 0.6) is 0 Å². The molecule has 0 aliphatic heterocycles. The van der Waals surface area contributed by atoms with Crippen molar-refractivity contribution < 1.29 is 24.2 Å². The van der Waals surface area contributed by atoms with Gasteiger partial charge in [-0.05, 0) is 25.8 Å². The van der Waals surface area contributed by atoms with Crippen molar-refractivity contribution in [3.8, 4) is 0 Å². The topological polar surface area (TPSA) is 80.7 Å². The van der Waals surface area contributed by atoms with E-state index in [1.807, 2.05) is 6.92 Å². The van der Waals surface area contributed by atoms with Crippen LogP contribution in [0.25, 0.3) is 0 Å². The maximum absolute atomic E-state index is 11.9. The number of Topliss-reactive ketones (excluding diaryl/α,β-unsaturated/α-hetero) is 1. The molecule has 19 heavy (non-hydrogen) atoms. The number of carboxylic acids is 1. The molecule has 1 N–H and O–H groups in total. The minimum atomic E-state index is -1.16. The molecule has 1 rings (SSSR count). The van der Waals surface area contributed by atoms with Crippen molar-refractivity contribution in [2.75, 3.05) is 6.61 Å². The number of hydrogen-bond donors (Lipinski definition) is 1. The summed E-state index contributed by atoms with van der Waals surface area (Å²) < 4.78 is 4.93. The number of hydrogen-bond acceptors (Lipinski definition) is 4. The molecule has 0 aromatic rings. The fourth-order valence-corrected chi connectivity index (χ4v) is 2.20. The Morgan fingerprint density at radius 3 is 2.26 bits per heavy atom. The molecule has 1 aliphatic rings. The van der Waals surface area contributed by atoms with E-state index in [0.717, 1.165) is 0 Å². The second-order valence-electron chi connectivity index (χ2n) is 4.32. The van der Waals surface area contributed by atoms with Crippen LogP contribution in [-0.4, -0.2) is 29.4 Å². The van der Waals surface area contributed by atoms with Gasteiger partial charge in [-0.25, -0.2) is 9.59 Å². The monoisotopic (exact) mass is 266 g/mol. The normalized spacial score (nSPS) is 14.9. The lowest BCUT2D eigenvalue weighted by atomic mass is 10.00. The van der Waals surface area contributed by atoms with Crippen molar-refractivity contribution in [2.24, 2.45) is 0 Å². The number of carbonyl (C=O) groups is 3. The lowest BCUT2D eigenvalue weighted by Crippen LogP contribution is -2.10. The van der Waals surface area contributed by atoms with Crippen LogP contribution >= 0.6 is 0 Å². The first-order valence-corrected chi connectivity index (χ1v) is 6.30. The van der Waals surface area contributed by atoms with Crippen LogP contribution in [0.3, 0.4) is 0 Å². The minimum Gasteiger partial charge on any atom is -0.478 e. The highest BCUT2D eigenvalue weighted by atomic mass is 16.5. The van der Waals surface area contributed by atoms with Gasteiger partial charge in [0, 0.05) is 17.6 Å². The molecule has 0 atom stereocenters. The predicted octanol–water partition coefficient (Wildman–Crippen LogP) is 2.02. The number of ketones is 1. The Bertz CT molecular complexity index is 482. The minimum absolute atomic E-state index is 0.0163. The van der Waals surface area contributed by atoms with Crippen LogP contribution in [0.15, 0.2) is 22.3 Å². The molecule has 0 unspecified atom stereocenters. The summed E-state index contributed by atoms with van der Waals surface area (Å²) in [7, 11) is 0. The molecule has 0 bridgehead atoms. The van der Waals surface area contributed by atoms with Gasteiger partial charge in [0.25, 0.3) is 0 Å². The third-order valence-corrected chi connectivity index (χ3v) is 2.98. The van der Waals surface area contributed by atoms with Crippen molar-refractivity contribution in [3.63, 3.8) is 0 Å². The number of allylic oxidation sites excluding steroid dienone is 1. The van der Waals surface area contributed by atoms with Gasteiger partial charge in [0.15, 0.2) is 5.78 Å². The van der Waals surface area contributed by atoms with E-state index in [1.54, 1.807) is 6.92 Å². The van der Waals surface area contributed by atoms with Crippen LogP contribution in [0.4, 0.5) is 0 Å². The number of carbonyl (C=O) groups excluding carboxylic acids is 2. The number of rotatable bonds is 6.